The maximum absolute atomic E-state index is 13.1. The van der Waals surface area contributed by atoms with E-state index in [0.29, 0.717) is 5.56 Å². The van der Waals surface area contributed by atoms with Crippen molar-refractivity contribution in [2.75, 3.05) is 7.11 Å². The number of hydrazone groups is 1. The van der Waals surface area contributed by atoms with E-state index in [0.717, 1.165) is 11.6 Å². The van der Waals surface area contributed by atoms with E-state index in [1.807, 2.05) is 0 Å². The average Bonchev–Trinajstić information content (AvgIpc) is 2.78. The van der Waals surface area contributed by atoms with Crippen LogP contribution in [0.3, 0.4) is 0 Å². The van der Waals surface area contributed by atoms with Gasteiger partial charge in [-0.3, -0.25) is 0 Å². The highest BCUT2D eigenvalue weighted by Gasteiger charge is 2.63. The summed E-state index contributed by atoms with van der Waals surface area (Å²) in [5, 5.41) is 13.3. The van der Waals surface area contributed by atoms with E-state index in [2.05, 4.69) is 25.8 Å². The van der Waals surface area contributed by atoms with E-state index < -0.39 is 24.4 Å². The standard InChI is InChI=1S/C12H10BrF3N2O3/c1-21-10(19)18-11(20,12(14,15)16)6-9(17-18)7-2-4-8(13)5-3-7/h2-5,20H,6H2,1H3/t11-/m0/s1. The van der Waals surface area contributed by atoms with Crippen molar-refractivity contribution in [1.82, 2.24) is 5.01 Å². The fourth-order valence-corrected chi connectivity index (χ4v) is 2.11. The number of benzene rings is 1. The second kappa shape index (κ2) is 5.30. The summed E-state index contributed by atoms with van der Waals surface area (Å²) in [4.78, 5) is 11.4. The summed E-state index contributed by atoms with van der Waals surface area (Å²) in [5.74, 6) is 0. The number of aliphatic hydroxyl groups is 1. The van der Waals surface area contributed by atoms with E-state index in [1.165, 1.54) is 12.1 Å². The Labute approximate surface area is 126 Å². The molecule has 1 N–H and O–H groups in total. The Bertz CT molecular complexity index is 588. The number of alkyl halides is 3. The van der Waals surface area contributed by atoms with Crippen molar-refractivity contribution in [3.05, 3.63) is 34.3 Å². The molecule has 0 saturated carbocycles. The molecule has 0 radical (unpaired) electrons. The first-order chi connectivity index (χ1) is 9.69. The fraction of sp³-hybridized carbons (Fsp3) is 0.333. The number of hydrogen-bond acceptors (Lipinski definition) is 4. The largest absolute Gasteiger partial charge is 0.451 e. The highest BCUT2D eigenvalue weighted by molar-refractivity contribution is 9.10. The van der Waals surface area contributed by atoms with Crippen LogP contribution in [0.1, 0.15) is 12.0 Å². The Kier molecular flexibility index (Phi) is 3.98. The third kappa shape index (κ3) is 2.75. The van der Waals surface area contributed by atoms with Gasteiger partial charge in [-0.1, -0.05) is 28.1 Å². The first-order valence-electron chi connectivity index (χ1n) is 5.70. The summed E-state index contributed by atoms with van der Waals surface area (Å²) in [7, 11) is 0.909. The van der Waals surface area contributed by atoms with Crippen LogP contribution in [0.15, 0.2) is 33.8 Å². The molecular formula is C12H10BrF3N2O3. The lowest BCUT2D eigenvalue weighted by molar-refractivity contribution is -0.299. The van der Waals surface area contributed by atoms with Crippen LogP contribution in [0.5, 0.6) is 0 Å². The van der Waals surface area contributed by atoms with E-state index in [4.69, 9.17) is 0 Å². The van der Waals surface area contributed by atoms with Crippen molar-refractivity contribution < 1.29 is 27.8 Å². The molecule has 9 heteroatoms. The number of halogens is 4. The van der Waals surface area contributed by atoms with Gasteiger partial charge in [0.1, 0.15) is 0 Å². The van der Waals surface area contributed by atoms with E-state index >= 15 is 0 Å². The normalized spacial score (nSPS) is 22.2. The van der Waals surface area contributed by atoms with Crippen LogP contribution in [-0.4, -0.2) is 40.9 Å². The molecule has 1 amide bonds. The lowest BCUT2D eigenvalue weighted by Crippen LogP contribution is -2.56. The maximum atomic E-state index is 13.1. The lowest BCUT2D eigenvalue weighted by Gasteiger charge is -2.31. The molecule has 1 atom stereocenters. The Hall–Kier alpha value is -1.61. The quantitative estimate of drug-likeness (QED) is 0.831. The zero-order valence-electron chi connectivity index (χ0n) is 10.7. The molecule has 1 aliphatic rings. The van der Waals surface area contributed by atoms with Crippen LogP contribution in [0.4, 0.5) is 18.0 Å². The first-order valence-corrected chi connectivity index (χ1v) is 6.49. The Morgan fingerprint density at radius 1 is 1.43 bits per heavy atom. The maximum Gasteiger partial charge on any atom is 0.439 e. The zero-order valence-corrected chi connectivity index (χ0v) is 12.3. The number of methoxy groups -OCH3 is 1. The summed E-state index contributed by atoms with van der Waals surface area (Å²) in [5.41, 5.74) is -3.11. The number of rotatable bonds is 1. The average molecular weight is 367 g/mol. The molecule has 0 bridgehead atoms. The molecule has 0 spiro atoms. The molecule has 0 unspecified atom stereocenters. The Balaban J connectivity index is 2.43. The van der Waals surface area contributed by atoms with Crippen molar-refractivity contribution in [2.45, 2.75) is 18.3 Å². The third-order valence-electron chi connectivity index (χ3n) is 2.96. The van der Waals surface area contributed by atoms with Gasteiger partial charge in [0.05, 0.1) is 19.2 Å². The van der Waals surface area contributed by atoms with Gasteiger partial charge in [0.25, 0.3) is 5.72 Å². The molecular weight excluding hydrogens is 357 g/mol. The minimum atomic E-state index is -5.07. The summed E-state index contributed by atoms with van der Waals surface area (Å²) in [6, 6.07) is 6.29. The predicted octanol–water partition coefficient (Wildman–Crippen LogP) is 2.88. The minimum Gasteiger partial charge on any atom is -0.451 e. The number of hydrogen-bond donors (Lipinski definition) is 1. The van der Waals surface area contributed by atoms with Gasteiger partial charge in [0.2, 0.25) is 0 Å². The molecule has 21 heavy (non-hydrogen) atoms. The molecule has 2 rings (SSSR count). The van der Waals surface area contributed by atoms with Crippen molar-refractivity contribution in [3.63, 3.8) is 0 Å². The van der Waals surface area contributed by atoms with Crippen LogP contribution in [0.2, 0.25) is 0 Å². The second-order valence-corrected chi connectivity index (χ2v) is 5.24. The second-order valence-electron chi connectivity index (χ2n) is 4.33. The van der Waals surface area contributed by atoms with Gasteiger partial charge in [-0.05, 0) is 17.7 Å². The van der Waals surface area contributed by atoms with Gasteiger partial charge in [0, 0.05) is 4.47 Å². The summed E-state index contributed by atoms with van der Waals surface area (Å²) >= 11 is 3.20. The lowest BCUT2D eigenvalue weighted by atomic mass is 10.0. The molecule has 114 valence electrons. The molecule has 0 aromatic heterocycles. The fourth-order valence-electron chi connectivity index (χ4n) is 1.85. The van der Waals surface area contributed by atoms with Gasteiger partial charge in [-0.2, -0.15) is 23.3 Å². The number of carbonyl (C=O) groups is 1. The molecule has 1 aromatic rings. The van der Waals surface area contributed by atoms with E-state index in [9.17, 15) is 23.1 Å². The SMILES string of the molecule is COC(=O)N1N=C(c2ccc(Br)cc2)C[C@]1(O)C(F)(F)F. The number of amides is 1. The number of nitrogens with zero attached hydrogens (tertiary/aromatic N) is 2. The minimum absolute atomic E-state index is 0.0623. The van der Waals surface area contributed by atoms with Crippen molar-refractivity contribution in [2.24, 2.45) is 5.10 Å². The molecule has 5 nitrogen and oxygen atoms in total. The van der Waals surface area contributed by atoms with Crippen LogP contribution in [-0.2, 0) is 4.74 Å². The monoisotopic (exact) mass is 366 g/mol. The van der Waals surface area contributed by atoms with E-state index in [-0.39, 0.29) is 10.7 Å². The van der Waals surface area contributed by atoms with Gasteiger partial charge in [-0.25, -0.2) is 4.79 Å². The van der Waals surface area contributed by atoms with Crippen LogP contribution in [0.25, 0.3) is 0 Å². The van der Waals surface area contributed by atoms with Gasteiger partial charge < -0.3 is 9.84 Å². The summed E-state index contributed by atoms with van der Waals surface area (Å²) in [6.07, 6.45) is -7.32. The number of carbonyl (C=O) groups excluding carboxylic acids is 1. The molecule has 0 saturated heterocycles. The smallest absolute Gasteiger partial charge is 0.439 e. The molecule has 1 heterocycles. The molecule has 0 aliphatic carbocycles. The highest BCUT2D eigenvalue weighted by Crippen LogP contribution is 2.41. The molecule has 1 aliphatic heterocycles. The topological polar surface area (TPSA) is 62.1 Å². The summed E-state index contributed by atoms with van der Waals surface area (Å²) < 4.78 is 44.2. The van der Waals surface area contributed by atoms with Gasteiger partial charge in [0.15, 0.2) is 0 Å². The van der Waals surface area contributed by atoms with Crippen molar-refractivity contribution >= 4 is 27.7 Å². The van der Waals surface area contributed by atoms with Crippen LogP contribution < -0.4 is 0 Å². The molecule has 0 fully saturated rings. The highest BCUT2D eigenvalue weighted by atomic mass is 79.9. The van der Waals surface area contributed by atoms with Crippen molar-refractivity contribution in [3.8, 4) is 0 Å². The Morgan fingerprint density at radius 2 is 2.00 bits per heavy atom. The van der Waals surface area contributed by atoms with Crippen molar-refractivity contribution in [1.29, 1.82) is 0 Å². The van der Waals surface area contributed by atoms with E-state index in [1.54, 1.807) is 12.1 Å². The zero-order chi connectivity index (χ0) is 15.8. The third-order valence-corrected chi connectivity index (χ3v) is 3.49. The first kappa shape index (κ1) is 15.8. The van der Waals surface area contributed by atoms with Crippen LogP contribution in [0, 0.1) is 0 Å². The predicted molar refractivity (Wildman–Crippen MR) is 70.5 cm³/mol. The van der Waals surface area contributed by atoms with Crippen LogP contribution >= 0.6 is 15.9 Å². The van der Waals surface area contributed by atoms with Gasteiger partial charge >= 0.3 is 12.3 Å². The summed E-state index contributed by atoms with van der Waals surface area (Å²) in [6.45, 7) is 0. The number of ether oxygens (including phenoxy) is 1. The molecule has 1 aromatic carbocycles. The Morgan fingerprint density at radius 3 is 2.48 bits per heavy atom. The van der Waals surface area contributed by atoms with Gasteiger partial charge in [-0.15, -0.1) is 0 Å².